The zero-order chi connectivity index (χ0) is 27.3. The van der Waals surface area contributed by atoms with Crippen molar-refractivity contribution in [1.82, 2.24) is 15.5 Å². The molecule has 208 valence electrons. The highest BCUT2D eigenvalue weighted by molar-refractivity contribution is 5.77. The van der Waals surface area contributed by atoms with Crippen LogP contribution in [0.4, 0.5) is 13.2 Å². The van der Waals surface area contributed by atoms with Crippen LogP contribution in [-0.4, -0.2) is 56.1 Å². The van der Waals surface area contributed by atoms with Crippen LogP contribution in [0.3, 0.4) is 0 Å². The second-order valence-electron chi connectivity index (χ2n) is 9.77. The maximum Gasteiger partial charge on any atom is 0.449 e. The Labute approximate surface area is 219 Å². The predicted molar refractivity (Wildman–Crippen MR) is 133 cm³/mol. The van der Waals surface area contributed by atoms with Crippen molar-refractivity contribution in [3.63, 3.8) is 0 Å². The van der Waals surface area contributed by atoms with Gasteiger partial charge in [0.2, 0.25) is 17.6 Å². The largest absolute Gasteiger partial charge is 0.493 e. The monoisotopic (exact) mass is 537 g/mol. The third-order valence-electron chi connectivity index (χ3n) is 7.21. The van der Waals surface area contributed by atoms with Gasteiger partial charge in [0.05, 0.1) is 20.8 Å². The number of halogens is 3. The molecule has 4 rings (SSSR count). The van der Waals surface area contributed by atoms with E-state index in [1.54, 1.807) is 14.2 Å². The molecule has 1 aromatic heterocycles. The fourth-order valence-corrected chi connectivity index (χ4v) is 5.31. The molecule has 11 heteroatoms. The van der Waals surface area contributed by atoms with Crippen LogP contribution in [-0.2, 0) is 35.2 Å². The highest BCUT2D eigenvalue weighted by Gasteiger charge is 2.38. The van der Waals surface area contributed by atoms with Gasteiger partial charge in [0.25, 0.3) is 0 Å². The molecular formula is C27H34F3N3O5. The fourth-order valence-electron chi connectivity index (χ4n) is 5.31. The van der Waals surface area contributed by atoms with Crippen LogP contribution >= 0.6 is 0 Å². The first-order valence-electron chi connectivity index (χ1n) is 12.9. The number of hydrogen-bond donors (Lipinski definition) is 2. The summed E-state index contributed by atoms with van der Waals surface area (Å²) in [4.78, 5) is 27.5. The number of aryl methyl sites for hydroxylation is 2. The van der Waals surface area contributed by atoms with Crippen LogP contribution in [0.2, 0.25) is 0 Å². The van der Waals surface area contributed by atoms with Gasteiger partial charge in [-0.25, -0.2) is 0 Å². The van der Waals surface area contributed by atoms with Gasteiger partial charge in [-0.05, 0) is 61.4 Å². The lowest BCUT2D eigenvalue weighted by molar-refractivity contribution is -0.153. The van der Waals surface area contributed by atoms with E-state index in [1.807, 2.05) is 17.0 Å². The SMILES string of the molecule is COc1cc2cc(c1OC)CCCNC(=O)C[C@@H]1CC[C@H](CNC(=O)CC2)N1Cc1ccc(C(F)(F)F)o1. The van der Waals surface area contributed by atoms with Crippen LogP contribution in [0.15, 0.2) is 28.7 Å². The summed E-state index contributed by atoms with van der Waals surface area (Å²) >= 11 is 0. The van der Waals surface area contributed by atoms with Gasteiger partial charge in [-0.2, -0.15) is 13.2 Å². The van der Waals surface area contributed by atoms with E-state index in [9.17, 15) is 22.8 Å². The minimum atomic E-state index is -4.56. The van der Waals surface area contributed by atoms with Gasteiger partial charge in [-0.3, -0.25) is 14.5 Å². The molecule has 1 saturated heterocycles. The zero-order valence-electron chi connectivity index (χ0n) is 21.7. The lowest BCUT2D eigenvalue weighted by atomic mass is 10.0. The highest BCUT2D eigenvalue weighted by Crippen LogP contribution is 2.35. The summed E-state index contributed by atoms with van der Waals surface area (Å²) in [5, 5.41) is 5.94. The molecular weight excluding hydrogens is 503 g/mol. The van der Waals surface area contributed by atoms with Gasteiger partial charge in [0.15, 0.2) is 11.5 Å². The number of hydrogen-bond acceptors (Lipinski definition) is 6. The third kappa shape index (κ3) is 6.80. The van der Waals surface area contributed by atoms with E-state index in [4.69, 9.17) is 13.9 Å². The van der Waals surface area contributed by atoms with Crippen molar-refractivity contribution in [3.8, 4) is 11.5 Å². The number of amides is 2. The standard InChI is InChI=1S/C27H34F3N3O5/c1-36-22-13-17-5-10-24(34)32-15-20-7-6-19(33(20)16-21-8-9-23(38-21)27(28,29)30)14-25(35)31-11-3-4-18(12-17)26(22)37-2/h8-9,12-13,19-20H,3-7,10-11,14-16H2,1-2H3,(H,31,35)(H,32,34)/t19-,20+/m0/s1. The zero-order valence-corrected chi connectivity index (χ0v) is 21.7. The number of carbonyl (C=O) groups excluding carboxylic acids is 2. The number of methoxy groups -OCH3 is 2. The Morgan fingerprint density at radius 3 is 2.50 bits per heavy atom. The summed E-state index contributed by atoms with van der Waals surface area (Å²) in [6.45, 7) is 0.929. The molecule has 2 amide bonds. The molecule has 8 nitrogen and oxygen atoms in total. The Kier molecular flexibility index (Phi) is 8.86. The van der Waals surface area contributed by atoms with Crippen LogP contribution in [0.5, 0.6) is 11.5 Å². The van der Waals surface area contributed by atoms with Crippen LogP contribution < -0.4 is 20.1 Å². The van der Waals surface area contributed by atoms with E-state index in [-0.39, 0.29) is 49.0 Å². The highest BCUT2D eigenvalue weighted by atomic mass is 19.4. The van der Waals surface area contributed by atoms with Gasteiger partial charge in [0, 0.05) is 38.0 Å². The van der Waals surface area contributed by atoms with Gasteiger partial charge in [-0.1, -0.05) is 6.07 Å². The van der Waals surface area contributed by atoms with Crippen molar-refractivity contribution in [2.45, 2.75) is 69.8 Å². The van der Waals surface area contributed by atoms with Crippen molar-refractivity contribution in [3.05, 3.63) is 46.9 Å². The summed E-state index contributed by atoms with van der Waals surface area (Å²) in [5.74, 6) is 0.126. The molecule has 0 spiro atoms. The molecule has 3 heterocycles. The first-order chi connectivity index (χ1) is 18.2. The van der Waals surface area contributed by atoms with Gasteiger partial charge in [-0.15, -0.1) is 0 Å². The molecule has 0 saturated carbocycles. The smallest absolute Gasteiger partial charge is 0.449 e. The number of rotatable bonds is 4. The number of nitrogens with zero attached hydrogens (tertiary/aromatic N) is 1. The number of alkyl halides is 3. The molecule has 2 aromatic rings. The molecule has 0 unspecified atom stereocenters. The van der Waals surface area contributed by atoms with Crippen LogP contribution in [0.25, 0.3) is 0 Å². The lowest BCUT2D eigenvalue weighted by Crippen LogP contribution is -2.44. The molecule has 4 bridgehead atoms. The first-order valence-corrected chi connectivity index (χ1v) is 12.9. The summed E-state index contributed by atoms with van der Waals surface area (Å²) in [6.07, 6.45) is -0.822. The Morgan fingerprint density at radius 1 is 1.00 bits per heavy atom. The van der Waals surface area contributed by atoms with E-state index in [0.29, 0.717) is 56.7 Å². The summed E-state index contributed by atoms with van der Waals surface area (Å²) in [6, 6.07) is 5.82. The Morgan fingerprint density at radius 2 is 1.79 bits per heavy atom. The van der Waals surface area contributed by atoms with Crippen molar-refractivity contribution >= 4 is 11.8 Å². The molecule has 2 aliphatic heterocycles. The average molecular weight is 538 g/mol. The first kappa shape index (κ1) is 27.8. The van der Waals surface area contributed by atoms with Crippen LogP contribution in [0.1, 0.15) is 54.8 Å². The van der Waals surface area contributed by atoms with Crippen molar-refractivity contribution in [2.75, 3.05) is 27.3 Å². The molecule has 38 heavy (non-hydrogen) atoms. The fraction of sp³-hybridized carbons (Fsp3) is 0.556. The normalized spacial score (nSPS) is 21.9. The number of nitrogens with one attached hydrogen (secondary N) is 2. The lowest BCUT2D eigenvalue weighted by Gasteiger charge is -2.29. The number of fused-ring (bicyclic) bond motifs is 4. The molecule has 1 fully saturated rings. The topological polar surface area (TPSA) is 93.0 Å². The van der Waals surface area contributed by atoms with Gasteiger partial charge < -0.3 is 24.5 Å². The predicted octanol–water partition coefficient (Wildman–Crippen LogP) is 3.85. The summed E-state index contributed by atoms with van der Waals surface area (Å²) in [5.41, 5.74) is 1.89. The van der Waals surface area contributed by atoms with E-state index in [2.05, 4.69) is 10.6 Å². The minimum absolute atomic E-state index is 0.121. The Hall–Kier alpha value is -3.21. The molecule has 1 aromatic carbocycles. The van der Waals surface area contributed by atoms with E-state index >= 15 is 0 Å². The summed E-state index contributed by atoms with van der Waals surface area (Å²) < 4.78 is 55.2. The van der Waals surface area contributed by atoms with E-state index in [0.717, 1.165) is 17.2 Å². The maximum atomic E-state index is 13.0. The van der Waals surface area contributed by atoms with Crippen molar-refractivity contribution < 1.29 is 36.7 Å². The second kappa shape index (κ2) is 12.1. The van der Waals surface area contributed by atoms with Crippen molar-refractivity contribution in [2.24, 2.45) is 0 Å². The van der Waals surface area contributed by atoms with Crippen LogP contribution in [0, 0.1) is 0 Å². The van der Waals surface area contributed by atoms with Gasteiger partial charge >= 0.3 is 6.18 Å². The number of benzene rings is 1. The second-order valence-corrected chi connectivity index (χ2v) is 9.77. The Bertz CT molecular complexity index is 1130. The van der Waals surface area contributed by atoms with E-state index in [1.165, 1.54) is 6.07 Å². The minimum Gasteiger partial charge on any atom is -0.493 e. The maximum absolute atomic E-state index is 13.0. The number of furan rings is 1. The Balaban J connectivity index is 1.51. The molecule has 0 aliphatic carbocycles. The number of carbonyl (C=O) groups is 2. The molecule has 2 N–H and O–H groups in total. The third-order valence-corrected chi connectivity index (χ3v) is 7.21. The van der Waals surface area contributed by atoms with E-state index < -0.39 is 11.9 Å². The molecule has 0 radical (unpaired) electrons. The molecule has 2 atom stereocenters. The van der Waals surface area contributed by atoms with Gasteiger partial charge in [0.1, 0.15) is 5.76 Å². The van der Waals surface area contributed by atoms with Crippen molar-refractivity contribution in [1.29, 1.82) is 0 Å². The quantitative estimate of drug-likeness (QED) is 0.616. The molecule has 2 aliphatic rings. The summed E-state index contributed by atoms with van der Waals surface area (Å²) in [7, 11) is 3.15. The average Bonchev–Trinajstić information content (AvgIpc) is 3.51. The number of ether oxygens (including phenoxy) is 2.